The van der Waals surface area contributed by atoms with Crippen molar-refractivity contribution in [3.8, 4) is 0 Å². The lowest BCUT2D eigenvalue weighted by Gasteiger charge is -2.26. The van der Waals surface area contributed by atoms with Crippen LogP contribution in [0, 0.1) is 0 Å². The van der Waals surface area contributed by atoms with Crippen molar-refractivity contribution in [3.05, 3.63) is 59.8 Å². The summed E-state index contributed by atoms with van der Waals surface area (Å²) in [6.07, 6.45) is 5.90. The molecule has 0 bridgehead atoms. The molecule has 1 aliphatic heterocycles. The van der Waals surface area contributed by atoms with Crippen LogP contribution in [0.4, 0.5) is 0 Å². The molecule has 1 atom stereocenters. The topological polar surface area (TPSA) is 33.2 Å². The largest absolute Gasteiger partial charge is 0.332 e. The van der Waals surface area contributed by atoms with Gasteiger partial charge in [0.2, 0.25) is 0 Å². The highest BCUT2D eigenvalue weighted by Gasteiger charge is 2.32. The Balaban J connectivity index is 1.91. The normalized spacial score (nSPS) is 18.0. The molecule has 3 nitrogen and oxygen atoms in total. The van der Waals surface area contributed by atoms with E-state index < -0.39 is 0 Å². The minimum atomic E-state index is 0.119. The first-order chi connectivity index (χ1) is 10.3. The van der Waals surface area contributed by atoms with Crippen LogP contribution in [0.25, 0.3) is 0 Å². The van der Waals surface area contributed by atoms with Crippen molar-refractivity contribution in [2.24, 2.45) is 0 Å². The Labute approximate surface area is 129 Å². The Morgan fingerprint density at radius 1 is 1.24 bits per heavy atom. The number of likely N-dealkylation sites (tertiary alicyclic amines) is 1. The van der Waals surface area contributed by atoms with Gasteiger partial charge in [-0.15, -0.1) is 11.8 Å². The highest BCUT2D eigenvalue weighted by atomic mass is 32.2. The van der Waals surface area contributed by atoms with E-state index in [-0.39, 0.29) is 11.9 Å². The number of rotatable bonds is 3. The Morgan fingerprint density at radius 2 is 2.05 bits per heavy atom. The molecule has 0 radical (unpaired) electrons. The van der Waals surface area contributed by atoms with Crippen LogP contribution in [0.1, 0.15) is 34.8 Å². The van der Waals surface area contributed by atoms with Gasteiger partial charge < -0.3 is 4.90 Å². The van der Waals surface area contributed by atoms with Gasteiger partial charge in [0, 0.05) is 23.9 Å². The van der Waals surface area contributed by atoms with E-state index in [4.69, 9.17) is 0 Å². The molecule has 1 aliphatic rings. The van der Waals surface area contributed by atoms with Crippen molar-refractivity contribution >= 4 is 17.7 Å². The van der Waals surface area contributed by atoms with Crippen molar-refractivity contribution < 1.29 is 4.79 Å². The van der Waals surface area contributed by atoms with Crippen molar-refractivity contribution in [3.63, 3.8) is 0 Å². The summed E-state index contributed by atoms with van der Waals surface area (Å²) in [5, 5.41) is 1.02. The SMILES string of the molecule is CSc1ncccc1[C@@H]1CCCN1C(=O)c1ccccc1. The molecule has 4 heteroatoms. The zero-order chi connectivity index (χ0) is 14.7. The van der Waals surface area contributed by atoms with Crippen LogP contribution in [-0.4, -0.2) is 28.6 Å². The molecule has 1 fully saturated rings. The number of pyridine rings is 1. The Bertz CT molecular complexity index is 630. The van der Waals surface area contributed by atoms with Crippen molar-refractivity contribution in [2.45, 2.75) is 23.9 Å². The maximum atomic E-state index is 12.7. The number of thioether (sulfide) groups is 1. The summed E-state index contributed by atoms with van der Waals surface area (Å²) in [6.45, 7) is 0.821. The van der Waals surface area contributed by atoms with Gasteiger partial charge in [0.05, 0.1) is 6.04 Å². The minimum Gasteiger partial charge on any atom is -0.332 e. The van der Waals surface area contributed by atoms with Gasteiger partial charge >= 0.3 is 0 Å². The summed E-state index contributed by atoms with van der Waals surface area (Å²) < 4.78 is 0. The molecule has 2 heterocycles. The fourth-order valence-corrected chi connectivity index (χ4v) is 3.51. The summed E-state index contributed by atoms with van der Waals surface area (Å²) in [5.41, 5.74) is 1.94. The number of aromatic nitrogens is 1. The van der Waals surface area contributed by atoms with E-state index in [1.54, 1.807) is 11.8 Å². The smallest absolute Gasteiger partial charge is 0.254 e. The van der Waals surface area contributed by atoms with Crippen LogP contribution in [0.2, 0.25) is 0 Å². The average Bonchev–Trinajstić information content (AvgIpc) is 3.04. The van der Waals surface area contributed by atoms with Crippen molar-refractivity contribution in [1.82, 2.24) is 9.88 Å². The Morgan fingerprint density at radius 3 is 2.81 bits per heavy atom. The van der Waals surface area contributed by atoms with Crippen molar-refractivity contribution in [2.75, 3.05) is 12.8 Å². The summed E-state index contributed by atoms with van der Waals surface area (Å²) >= 11 is 1.64. The van der Waals surface area contributed by atoms with E-state index in [1.807, 2.05) is 53.8 Å². The molecule has 108 valence electrons. The zero-order valence-electron chi connectivity index (χ0n) is 12.0. The fourth-order valence-electron chi connectivity index (χ4n) is 2.91. The first-order valence-electron chi connectivity index (χ1n) is 7.16. The fraction of sp³-hybridized carbons (Fsp3) is 0.294. The second-order valence-corrected chi connectivity index (χ2v) is 5.92. The molecule has 1 amide bonds. The Kier molecular flexibility index (Phi) is 4.25. The first kappa shape index (κ1) is 14.1. The maximum Gasteiger partial charge on any atom is 0.254 e. The van der Waals surface area contributed by atoms with Crippen LogP contribution < -0.4 is 0 Å². The quantitative estimate of drug-likeness (QED) is 0.809. The van der Waals surface area contributed by atoms with Gasteiger partial charge in [0.1, 0.15) is 5.03 Å². The van der Waals surface area contributed by atoms with E-state index in [1.165, 1.54) is 5.56 Å². The molecule has 0 saturated carbocycles. The van der Waals surface area contributed by atoms with E-state index in [2.05, 4.69) is 11.1 Å². The molecule has 1 aromatic heterocycles. The van der Waals surface area contributed by atoms with Crippen molar-refractivity contribution in [1.29, 1.82) is 0 Å². The van der Waals surface area contributed by atoms with Gasteiger partial charge in [-0.3, -0.25) is 4.79 Å². The molecule has 1 saturated heterocycles. The van der Waals surface area contributed by atoms with Crippen LogP contribution in [-0.2, 0) is 0 Å². The number of carbonyl (C=O) groups excluding carboxylic acids is 1. The number of carbonyl (C=O) groups is 1. The summed E-state index contributed by atoms with van der Waals surface area (Å²) in [6, 6.07) is 13.7. The predicted molar refractivity (Wildman–Crippen MR) is 85.5 cm³/mol. The highest BCUT2D eigenvalue weighted by molar-refractivity contribution is 7.98. The van der Waals surface area contributed by atoms with Crippen LogP contribution in [0.15, 0.2) is 53.7 Å². The summed E-state index contributed by atoms with van der Waals surface area (Å²) in [7, 11) is 0. The molecule has 0 aliphatic carbocycles. The molecule has 1 aromatic carbocycles. The summed E-state index contributed by atoms with van der Waals surface area (Å²) in [5.74, 6) is 0.119. The predicted octanol–water partition coefficient (Wildman–Crippen LogP) is 3.78. The molecular weight excluding hydrogens is 280 g/mol. The number of hydrogen-bond acceptors (Lipinski definition) is 3. The third-order valence-corrected chi connectivity index (χ3v) is 4.62. The second kappa shape index (κ2) is 6.31. The lowest BCUT2D eigenvalue weighted by molar-refractivity contribution is 0.0733. The van der Waals surface area contributed by atoms with Gasteiger partial charge in [0.25, 0.3) is 5.91 Å². The van der Waals surface area contributed by atoms with Gasteiger partial charge in [-0.25, -0.2) is 4.98 Å². The zero-order valence-corrected chi connectivity index (χ0v) is 12.8. The van der Waals surface area contributed by atoms with Gasteiger partial charge in [0.15, 0.2) is 0 Å². The van der Waals surface area contributed by atoms with Gasteiger partial charge in [-0.1, -0.05) is 24.3 Å². The number of benzene rings is 1. The molecule has 21 heavy (non-hydrogen) atoms. The van der Waals surface area contributed by atoms with E-state index in [9.17, 15) is 4.79 Å². The standard InChI is InChI=1S/C17H18N2OS/c1-21-16-14(9-5-11-18-16)15-10-6-12-19(15)17(20)13-7-3-2-4-8-13/h2-5,7-9,11,15H,6,10,12H2,1H3/t15-/m0/s1. The average molecular weight is 298 g/mol. The van der Waals surface area contributed by atoms with Crippen LogP contribution in [0.3, 0.4) is 0 Å². The molecule has 0 spiro atoms. The molecule has 0 N–H and O–H groups in total. The third kappa shape index (κ3) is 2.81. The summed E-state index contributed by atoms with van der Waals surface area (Å²) in [4.78, 5) is 19.2. The van der Waals surface area contributed by atoms with E-state index in [0.717, 1.165) is 30.0 Å². The van der Waals surface area contributed by atoms with Crippen LogP contribution in [0.5, 0.6) is 0 Å². The highest BCUT2D eigenvalue weighted by Crippen LogP contribution is 2.36. The van der Waals surface area contributed by atoms with Gasteiger partial charge in [-0.05, 0) is 37.3 Å². The maximum absolute atomic E-state index is 12.7. The number of nitrogens with zero attached hydrogens (tertiary/aromatic N) is 2. The minimum absolute atomic E-state index is 0.119. The van der Waals surface area contributed by atoms with Crippen LogP contribution >= 0.6 is 11.8 Å². The second-order valence-electron chi connectivity index (χ2n) is 5.12. The molecule has 2 aromatic rings. The van der Waals surface area contributed by atoms with Gasteiger partial charge in [-0.2, -0.15) is 0 Å². The van der Waals surface area contributed by atoms with E-state index >= 15 is 0 Å². The first-order valence-corrected chi connectivity index (χ1v) is 8.38. The Hall–Kier alpha value is -1.81. The monoisotopic (exact) mass is 298 g/mol. The molecular formula is C17H18N2OS. The number of amides is 1. The lowest BCUT2D eigenvalue weighted by atomic mass is 10.1. The molecule has 0 unspecified atom stereocenters. The lowest BCUT2D eigenvalue weighted by Crippen LogP contribution is -2.30. The molecule has 3 rings (SSSR count). The third-order valence-electron chi connectivity index (χ3n) is 3.89. The van der Waals surface area contributed by atoms with E-state index in [0.29, 0.717) is 0 Å². The number of hydrogen-bond donors (Lipinski definition) is 0.